The lowest BCUT2D eigenvalue weighted by atomic mass is 9.80. The van der Waals surface area contributed by atoms with Crippen molar-refractivity contribution in [2.45, 2.75) is 32.7 Å². The van der Waals surface area contributed by atoms with Gasteiger partial charge in [-0.1, -0.05) is 13.8 Å². The Hall–Kier alpha value is -0.0800. The first-order chi connectivity index (χ1) is 4.59. The summed E-state index contributed by atoms with van der Waals surface area (Å²) in [5.74, 6) is 0.419. The van der Waals surface area contributed by atoms with Crippen molar-refractivity contribution >= 4 is 0 Å². The van der Waals surface area contributed by atoms with E-state index in [1.807, 2.05) is 0 Å². The minimum atomic E-state index is 0.148. The molecule has 0 saturated heterocycles. The number of aliphatic hydroxyl groups excluding tert-OH is 1. The zero-order valence-electron chi connectivity index (χ0n) is 6.80. The molecule has 60 valence electrons. The lowest BCUT2D eigenvalue weighted by Crippen LogP contribution is -2.36. The van der Waals surface area contributed by atoms with Crippen LogP contribution in [0.4, 0.5) is 0 Å². The fourth-order valence-electron chi connectivity index (χ4n) is 1.75. The molecule has 2 heteroatoms. The van der Waals surface area contributed by atoms with Crippen LogP contribution in [0.1, 0.15) is 26.7 Å². The monoisotopic (exact) mass is 143 g/mol. The lowest BCUT2D eigenvalue weighted by molar-refractivity contribution is 0.136. The molecule has 1 aliphatic rings. The van der Waals surface area contributed by atoms with Crippen LogP contribution in [0.25, 0.3) is 0 Å². The van der Waals surface area contributed by atoms with Crippen LogP contribution in [0, 0.1) is 11.3 Å². The maximum atomic E-state index is 8.96. The van der Waals surface area contributed by atoms with Crippen molar-refractivity contribution in [2.75, 3.05) is 6.61 Å². The van der Waals surface area contributed by atoms with Crippen LogP contribution in [-0.2, 0) is 0 Å². The number of hydrogen-bond donors (Lipinski definition) is 2. The third-order valence-electron chi connectivity index (χ3n) is 3.05. The van der Waals surface area contributed by atoms with Gasteiger partial charge in [0.05, 0.1) is 0 Å². The molecule has 1 saturated carbocycles. The summed E-state index contributed by atoms with van der Waals surface area (Å²) in [6.45, 7) is 4.58. The predicted octanol–water partition coefficient (Wildman–Crippen LogP) is 0.742. The van der Waals surface area contributed by atoms with Gasteiger partial charge in [0.15, 0.2) is 0 Å². The molecule has 0 heterocycles. The van der Waals surface area contributed by atoms with Crippen LogP contribution in [0.3, 0.4) is 0 Å². The highest BCUT2D eigenvalue weighted by Crippen LogP contribution is 2.41. The van der Waals surface area contributed by atoms with E-state index in [0.29, 0.717) is 12.5 Å². The Morgan fingerprint density at radius 2 is 2.10 bits per heavy atom. The highest BCUT2D eigenvalue weighted by Gasteiger charge is 2.40. The fraction of sp³-hybridized carbons (Fsp3) is 1.00. The maximum Gasteiger partial charge on any atom is 0.0464 e. The molecular weight excluding hydrogens is 126 g/mol. The second-order valence-corrected chi connectivity index (χ2v) is 3.88. The van der Waals surface area contributed by atoms with Gasteiger partial charge in [0.1, 0.15) is 0 Å². The maximum absolute atomic E-state index is 8.96. The van der Waals surface area contributed by atoms with E-state index in [4.69, 9.17) is 10.8 Å². The van der Waals surface area contributed by atoms with E-state index in [0.717, 1.165) is 12.8 Å². The molecule has 3 N–H and O–H groups in total. The number of aliphatic hydroxyl groups is 1. The standard InChI is InChI=1S/C8H17NO/c1-8(2)6(5-10)3-4-7(8)9/h6-7,10H,3-5,9H2,1-2H3. The number of nitrogens with two attached hydrogens (primary N) is 1. The molecule has 2 atom stereocenters. The molecule has 0 aromatic carbocycles. The molecule has 0 aromatic rings. The molecule has 1 aliphatic carbocycles. The molecule has 1 rings (SSSR count). The Labute approximate surface area is 62.4 Å². The van der Waals surface area contributed by atoms with E-state index in [1.165, 1.54) is 0 Å². The topological polar surface area (TPSA) is 46.2 Å². The van der Waals surface area contributed by atoms with Gasteiger partial charge in [0.25, 0.3) is 0 Å². The molecule has 2 unspecified atom stereocenters. The van der Waals surface area contributed by atoms with E-state index < -0.39 is 0 Å². The van der Waals surface area contributed by atoms with Crippen LogP contribution in [0.5, 0.6) is 0 Å². The van der Waals surface area contributed by atoms with Crippen molar-refractivity contribution in [2.24, 2.45) is 17.1 Å². The van der Waals surface area contributed by atoms with Crippen LogP contribution >= 0.6 is 0 Å². The summed E-state index contributed by atoms with van der Waals surface area (Å²) in [6.07, 6.45) is 2.16. The van der Waals surface area contributed by atoms with E-state index in [1.54, 1.807) is 0 Å². The van der Waals surface area contributed by atoms with Crippen LogP contribution < -0.4 is 5.73 Å². The predicted molar refractivity (Wildman–Crippen MR) is 41.6 cm³/mol. The lowest BCUT2D eigenvalue weighted by Gasteiger charge is -2.29. The van der Waals surface area contributed by atoms with Gasteiger partial charge in [-0.25, -0.2) is 0 Å². The third-order valence-corrected chi connectivity index (χ3v) is 3.05. The Bertz CT molecular complexity index is 122. The summed E-state index contributed by atoms with van der Waals surface area (Å²) in [5.41, 5.74) is 6.01. The average molecular weight is 143 g/mol. The molecule has 0 amide bonds. The molecule has 2 nitrogen and oxygen atoms in total. The van der Waals surface area contributed by atoms with Gasteiger partial charge in [-0.15, -0.1) is 0 Å². The van der Waals surface area contributed by atoms with Gasteiger partial charge in [0.2, 0.25) is 0 Å². The molecule has 0 aliphatic heterocycles. The summed E-state index contributed by atoms with van der Waals surface area (Å²) < 4.78 is 0. The first-order valence-electron chi connectivity index (χ1n) is 3.95. The Kier molecular flexibility index (Phi) is 2.02. The van der Waals surface area contributed by atoms with Gasteiger partial charge in [-0.2, -0.15) is 0 Å². The number of hydrogen-bond acceptors (Lipinski definition) is 2. The SMILES string of the molecule is CC1(C)C(N)CCC1CO. The summed E-state index contributed by atoms with van der Waals surface area (Å²) >= 11 is 0. The van der Waals surface area contributed by atoms with Crippen molar-refractivity contribution < 1.29 is 5.11 Å². The molecule has 0 aromatic heterocycles. The molecule has 10 heavy (non-hydrogen) atoms. The van der Waals surface area contributed by atoms with Crippen molar-refractivity contribution in [3.05, 3.63) is 0 Å². The Morgan fingerprint density at radius 3 is 2.30 bits per heavy atom. The smallest absolute Gasteiger partial charge is 0.0464 e. The van der Waals surface area contributed by atoms with Gasteiger partial charge in [0, 0.05) is 12.6 Å². The summed E-state index contributed by atoms with van der Waals surface area (Å²) in [6, 6.07) is 0.282. The van der Waals surface area contributed by atoms with Crippen molar-refractivity contribution in [3.63, 3.8) is 0 Å². The fourth-order valence-corrected chi connectivity index (χ4v) is 1.75. The van der Waals surface area contributed by atoms with E-state index in [2.05, 4.69) is 13.8 Å². The van der Waals surface area contributed by atoms with Gasteiger partial charge in [-0.05, 0) is 24.2 Å². The van der Waals surface area contributed by atoms with Crippen LogP contribution in [0.15, 0.2) is 0 Å². The second-order valence-electron chi connectivity index (χ2n) is 3.88. The zero-order valence-corrected chi connectivity index (χ0v) is 6.80. The van der Waals surface area contributed by atoms with Gasteiger partial charge < -0.3 is 10.8 Å². The summed E-state index contributed by atoms with van der Waals surface area (Å²) in [5, 5.41) is 8.96. The van der Waals surface area contributed by atoms with Gasteiger partial charge in [-0.3, -0.25) is 0 Å². The normalized spacial score (nSPS) is 38.4. The van der Waals surface area contributed by atoms with Crippen molar-refractivity contribution in [3.8, 4) is 0 Å². The highest BCUT2D eigenvalue weighted by molar-refractivity contribution is 4.93. The minimum Gasteiger partial charge on any atom is -0.396 e. The van der Waals surface area contributed by atoms with Gasteiger partial charge >= 0.3 is 0 Å². The molecule has 0 radical (unpaired) electrons. The number of rotatable bonds is 1. The van der Waals surface area contributed by atoms with Crippen LogP contribution in [0.2, 0.25) is 0 Å². The molecule has 0 spiro atoms. The quantitative estimate of drug-likeness (QED) is 0.568. The Morgan fingerprint density at radius 1 is 1.50 bits per heavy atom. The van der Waals surface area contributed by atoms with Crippen LogP contribution in [-0.4, -0.2) is 17.8 Å². The molecule has 0 bridgehead atoms. The largest absolute Gasteiger partial charge is 0.396 e. The van der Waals surface area contributed by atoms with E-state index >= 15 is 0 Å². The summed E-state index contributed by atoms with van der Waals surface area (Å²) in [4.78, 5) is 0. The zero-order chi connectivity index (χ0) is 7.78. The first kappa shape index (κ1) is 8.02. The average Bonchev–Trinajstić information content (AvgIpc) is 2.10. The highest BCUT2D eigenvalue weighted by atomic mass is 16.3. The third kappa shape index (κ3) is 1.06. The van der Waals surface area contributed by atoms with Crippen molar-refractivity contribution in [1.82, 2.24) is 0 Å². The van der Waals surface area contributed by atoms with E-state index in [-0.39, 0.29) is 11.5 Å². The summed E-state index contributed by atoms with van der Waals surface area (Å²) in [7, 11) is 0. The Balaban J connectivity index is 2.64. The second kappa shape index (κ2) is 2.51. The molecular formula is C8H17NO. The minimum absolute atomic E-state index is 0.148. The first-order valence-corrected chi connectivity index (χ1v) is 3.95. The molecule has 1 fully saturated rings. The van der Waals surface area contributed by atoms with Crippen molar-refractivity contribution in [1.29, 1.82) is 0 Å². The van der Waals surface area contributed by atoms with E-state index in [9.17, 15) is 0 Å².